The van der Waals surface area contributed by atoms with E-state index in [1.165, 1.54) is 6.08 Å². The highest BCUT2D eigenvalue weighted by Gasteiger charge is 2.28. The summed E-state index contributed by atoms with van der Waals surface area (Å²) < 4.78 is 5.10. The minimum absolute atomic E-state index is 0.0318. The third kappa shape index (κ3) is 7.90. The molecule has 9 heteroatoms. The highest BCUT2D eigenvalue weighted by Crippen LogP contribution is 2.05. The van der Waals surface area contributed by atoms with E-state index in [1.54, 1.807) is 45.0 Å². The average molecular weight is 391 g/mol. The molecular weight excluding hydrogens is 366 g/mol. The summed E-state index contributed by atoms with van der Waals surface area (Å²) in [5.74, 6) is -3.07. The van der Waals surface area contributed by atoms with Crippen LogP contribution in [-0.4, -0.2) is 46.6 Å². The van der Waals surface area contributed by atoms with Gasteiger partial charge in [0.05, 0.1) is 0 Å². The van der Waals surface area contributed by atoms with Gasteiger partial charge in [0.15, 0.2) is 0 Å². The van der Waals surface area contributed by atoms with E-state index in [0.717, 1.165) is 11.6 Å². The number of nitrogens with one attached hydrogen (secondary N) is 2. The van der Waals surface area contributed by atoms with E-state index in [4.69, 9.17) is 9.84 Å². The number of nitrogens with zero attached hydrogens (tertiary/aromatic N) is 1. The van der Waals surface area contributed by atoms with Gasteiger partial charge in [-0.2, -0.15) is 0 Å². The number of allylic oxidation sites excluding steroid dienone is 1. The Bertz CT molecular complexity index is 718. The second-order valence-corrected chi connectivity index (χ2v) is 6.22. The predicted molar refractivity (Wildman–Crippen MR) is 101 cm³/mol. The maximum Gasteiger partial charge on any atom is 0.408 e. The second-order valence-electron chi connectivity index (χ2n) is 6.22. The number of carboxylic acid groups (broad SMARTS) is 1. The Labute approximate surface area is 163 Å². The summed E-state index contributed by atoms with van der Waals surface area (Å²) in [6, 6.07) is 7.99. The molecule has 9 nitrogen and oxygen atoms in total. The lowest BCUT2D eigenvalue weighted by atomic mass is 10.0. The third-order valence-electron chi connectivity index (χ3n) is 3.55. The molecule has 0 saturated carbocycles. The Morgan fingerprint density at radius 2 is 1.82 bits per heavy atom. The van der Waals surface area contributed by atoms with Crippen molar-refractivity contribution in [2.24, 2.45) is 5.92 Å². The van der Waals surface area contributed by atoms with Gasteiger partial charge in [0.1, 0.15) is 19.2 Å². The summed E-state index contributed by atoms with van der Waals surface area (Å²) in [6.45, 7) is 4.27. The number of carboxylic acids is 1. The molecule has 0 aliphatic carbocycles. The fourth-order valence-corrected chi connectivity index (χ4v) is 2.17. The molecule has 0 aliphatic heterocycles. The maximum atomic E-state index is 12.5. The first-order chi connectivity index (χ1) is 13.2. The molecular formula is C19H25N3O6. The predicted octanol–water partition coefficient (Wildman–Crippen LogP) is 1.46. The molecule has 1 unspecified atom stereocenters. The maximum absolute atomic E-state index is 12.5. The van der Waals surface area contributed by atoms with Crippen molar-refractivity contribution >= 4 is 23.9 Å². The van der Waals surface area contributed by atoms with Gasteiger partial charge in [-0.15, -0.1) is 0 Å². The zero-order chi connectivity index (χ0) is 21.1. The molecule has 0 bridgehead atoms. The fourth-order valence-electron chi connectivity index (χ4n) is 2.17. The molecule has 0 heterocycles. The summed E-state index contributed by atoms with van der Waals surface area (Å²) >= 11 is 0. The average Bonchev–Trinajstić information content (AvgIpc) is 2.64. The first-order valence-electron chi connectivity index (χ1n) is 8.68. The zero-order valence-electron chi connectivity index (χ0n) is 16.0. The van der Waals surface area contributed by atoms with E-state index in [2.05, 4.69) is 10.7 Å². The van der Waals surface area contributed by atoms with Gasteiger partial charge >= 0.3 is 12.1 Å². The first kappa shape index (κ1) is 22.7. The van der Waals surface area contributed by atoms with E-state index in [9.17, 15) is 19.2 Å². The lowest BCUT2D eigenvalue weighted by molar-refractivity contribution is -0.148. The van der Waals surface area contributed by atoms with Crippen molar-refractivity contribution in [3.05, 3.63) is 48.0 Å². The Hall–Kier alpha value is -3.36. The smallest absolute Gasteiger partial charge is 0.408 e. The van der Waals surface area contributed by atoms with Crippen molar-refractivity contribution in [1.29, 1.82) is 0 Å². The van der Waals surface area contributed by atoms with Crippen LogP contribution in [0.1, 0.15) is 26.3 Å². The largest absolute Gasteiger partial charge is 0.480 e. The van der Waals surface area contributed by atoms with Crippen LogP contribution in [-0.2, 0) is 25.7 Å². The molecule has 1 aromatic rings. The quantitative estimate of drug-likeness (QED) is 0.455. The van der Waals surface area contributed by atoms with Crippen LogP contribution in [0.3, 0.4) is 0 Å². The Kier molecular flexibility index (Phi) is 9.21. The number of amides is 3. The number of hydrogen-bond acceptors (Lipinski definition) is 5. The van der Waals surface area contributed by atoms with Crippen LogP contribution in [0.25, 0.3) is 0 Å². The molecule has 0 radical (unpaired) electrons. The van der Waals surface area contributed by atoms with Crippen LogP contribution >= 0.6 is 0 Å². The number of rotatable bonds is 8. The number of hydrogen-bond donors (Lipinski definition) is 3. The molecule has 0 aliphatic rings. The van der Waals surface area contributed by atoms with Gasteiger partial charge in [-0.25, -0.2) is 9.80 Å². The number of carbonyl (C=O) groups excluding carboxylic acids is 3. The van der Waals surface area contributed by atoms with E-state index < -0.39 is 36.5 Å². The SMILES string of the molecule is C/C=C/C(=O)N(CC(=O)O)NC(=O)C(NC(=O)OCc1ccccc1)C(C)C. The molecule has 0 fully saturated rings. The molecule has 152 valence electrons. The van der Waals surface area contributed by atoms with Crippen molar-refractivity contribution in [2.75, 3.05) is 6.54 Å². The molecule has 0 aromatic heterocycles. The van der Waals surface area contributed by atoms with Gasteiger partial charge < -0.3 is 15.2 Å². The Balaban J connectivity index is 2.73. The van der Waals surface area contributed by atoms with Crippen molar-refractivity contribution in [3.8, 4) is 0 Å². The van der Waals surface area contributed by atoms with Gasteiger partial charge in [-0.3, -0.25) is 19.8 Å². The summed E-state index contributed by atoms with van der Waals surface area (Å²) in [6.07, 6.45) is 1.74. The van der Waals surface area contributed by atoms with Crippen molar-refractivity contribution < 1.29 is 29.0 Å². The summed E-state index contributed by atoms with van der Waals surface area (Å²) in [5, 5.41) is 12.0. The van der Waals surface area contributed by atoms with Gasteiger partial charge in [0, 0.05) is 6.08 Å². The minimum atomic E-state index is -1.30. The van der Waals surface area contributed by atoms with Crippen molar-refractivity contribution in [3.63, 3.8) is 0 Å². The topological polar surface area (TPSA) is 125 Å². The fraction of sp³-hybridized carbons (Fsp3) is 0.368. The molecule has 1 atom stereocenters. The van der Waals surface area contributed by atoms with Gasteiger partial charge in [-0.05, 0) is 18.4 Å². The molecule has 28 heavy (non-hydrogen) atoms. The number of ether oxygens (including phenoxy) is 1. The lowest BCUT2D eigenvalue weighted by Crippen LogP contribution is -2.56. The van der Waals surface area contributed by atoms with Gasteiger partial charge in [0.2, 0.25) is 0 Å². The Morgan fingerprint density at radius 3 is 2.36 bits per heavy atom. The van der Waals surface area contributed by atoms with Gasteiger partial charge in [-0.1, -0.05) is 50.3 Å². The molecule has 0 spiro atoms. The summed E-state index contributed by atoms with van der Waals surface area (Å²) in [5.41, 5.74) is 3.02. The first-order valence-corrected chi connectivity index (χ1v) is 8.68. The van der Waals surface area contributed by atoms with E-state index >= 15 is 0 Å². The normalized spacial score (nSPS) is 11.7. The van der Waals surface area contributed by atoms with Crippen LogP contribution in [0, 0.1) is 5.92 Å². The van der Waals surface area contributed by atoms with Crippen LogP contribution in [0.5, 0.6) is 0 Å². The minimum Gasteiger partial charge on any atom is -0.480 e. The van der Waals surface area contributed by atoms with Crippen LogP contribution in [0.2, 0.25) is 0 Å². The van der Waals surface area contributed by atoms with Crippen molar-refractivity contribution in [1.82, 2.24) is 15.8 Å². The van der Waals surface area contributed by atoms with E-state index in [0.29, 0.717) is 5.01 Å². The number of hydrazine groups is 1. The van der Waals surface area contributed by atoms with E-state index in [-0.39, 0.29) is 12.5 Å². The Morgan fingerprint density at radius 1 is 1.18 bits per heavy atom. The molecule has 3 amide bonds. The van der Waals surface area contributed by atoms with E-state index in [1.807, 2.05) is 6.07 Å². The number of aliphatic carboxylic acids is 1. The lowest BCUT2D eigenvalue weighted by Gasteiger charge is -2.26. The van der Waals surface area contributed by atoms with Gasteiger partial charge in [0.25, 0.3) is 11.8 Å². The van der Waals surface area contributed by atoms with Crippen LogP contribution in [0.15, 0.2) is 42.5 Å². The third-order valence-corrected chi connectivity index (χ3v) is 3.55. The summed E-state index contributed by atoms with van der Waals surface area (Å²) in [4.78, 5) is 47.4. The number of carbonyl (C=O) groups is 4. The standard InChI is InChI=1S/C19H25N3O6/c1-4-8-15(23)22(11-16(24)25)21-18(26)17(13(2)3)20-19(27)28-12-14-9-6-5-7-10-14/h4-10,13,17H,11-12H2,1-3H3,(H,20,27)(H,21,26)(H,24,25)/b8-4+. The molecule has 1 rings (SSSR count). The zero-order valence-corrected chi connectivity index (χ0v) is 16.0. The number of benzene rings is 1. The van der Waals surface area contributed by atoms with Crippen LogP contribution < -0.4 is 10.7 Å². The molecule has 0 saturated heterocycles. The second kappa shape index (κ2) is 11.4. The highest BCUT2D eigenvalue weighted by atomic mass is 16.5. The number of alkyl carbamates (subject to hydrolysis) is 1. The highest BCUT2D eigenvalue weighted by molar-refractivity contribution is 5.93. The van der Waals surface area contributed by atoms with Crippen molar-refractivity contribution in [2.45, 2.75) is 33.4 Å². The monoisotopic (exact) mass is 391 g/mol. The molecule has 1 aromatic carbocycles. The summed E-state index contributed by atoms with van der Waals surface area (Å²) in [7, 11) is 0. The van der Waals surface area contributed by atoms with Crippen LogP contribution in [0.4, 0.5) is 4.79 Å². The molecule has 3 N–H and O–H groups in total.